The van der Waals surface area contributed by atoms with Gasteiger partial charge in [-0.3, -0.25) is 10.3 Å². The van der Waals surface area contributed by atoms with Crippen LogP contribution >= 0.6 is 0 Å². The average Bonchev–Trinajstić information content (AvgIpc) is 3.35. The summed E-state index contributed by atoms with van der Waals surface area (Å²) < 4.78 is 14.0. The van der Waals surface area contributed by atoms with Crippen molar-refractivity contribution in [1.82, 2.24) is 14.9 Å². The van der Waals surface area contributed by atoms with Crippen molar-refractivity contribution in [3.8, 4) is 16.9 Å². The Morgan fingerprint density at radius 1 is 1.29 bits per heavy atom. The van der Waals surface area contributed by atoms with E-state index in [2.05, 4.69) is 14.9 Å². The fourth-order valence-electron chi connectivity index (χ4n) is 4.36. The number of halogens is 1. The number of nitrogens with two attached hydrogens (primary N) is 1. The standard InChI is InChI=1S/C24H26FN5O/c1-2-14-8-22(31)18(25)9-17(14)15-5-6-16(19(26)7-15)23(27)24-28-20-11-30(10-13-3-4-13)12-21(20)29-24/h5-9,13,27,31H,2-4,10-12,26H2,1H3,(H,28,29). The van der Waals surface area contributed by atoms with Gasteiger partial charge in [0.1, 0.15) is 5.71 Å². The van der Waals surface area contributed by atoms with Crippen LogP contribution in [0.2, 0.25) is 0 Å². The van der Waals surface area contributed by atoms with Crippen molar-refractivity contribution >= 4 is 11.4 Å². The molecule has 0 atom stereocenters. The molecule has 5 rings (SSSR count). The van der Waals surface area contributed by atoms with E-state index in [0.717, 1.165) is 48.1 Å². The molecule has 7 heteroatoms. The van der Waals surface area contributed by atoms with Crippen molar-refractivity contribution < 1.29 is 9.50 Å². The summed E-state index contributed by atoms with van der Waals surface area (Å²) in [5, 5.41) is 18.3. The van der Waals surface area contributed by atoms with Crippen molar-refractivity contribution in [1.29, 1.82) is 5.41 Å². The molecule has 5 N–H and O–H groups in total. The molecule has 3 aromatic rings. The number of nitrogen functional groups attached to an aromatic ring is 1. The van der Waals surface area contributed by atoms with E-state index >= 15 is 0 Å². The summed E-state index contributed by atoms with van der Waals surface area (Å²) in [6.07, 6.45) is 3.31. The highest BCUT2D eigenvalue weighted by atomic mass is 19.1. The van der Waals surface area contributed by atoms with Gasteiger partial charge in [0.2, 0.25) is 0 Å². The van der Waals surface area contributed by atoms with E-state index in [1.807, 2.05) is 13.0 Å². The Kier molecular flexibility index (Phi) is 4.78. The SMILES string of the molecule is CCc1cc(O)c(F)cc1-c1ccc(C(=N)c2nc3c([nH]2)CN(CC2CC2)C3)c(N)c1. The summed E-state index contributed by atoms with van der Waals surface area (Å²) in [5.41, 5.74) is 11.9. The Morgan fingerprint density at radius 2 is 2.10 bits per heavy atom. The molecule has 1 aliphatic carbocycles. The maximum absolute atomic E-state index is 14.0. The van der Waals surface area contributed by atoms with E-state index < -0.39 is 5.82 Å². The number of imidazole rings is 1. The third kappa shape index (κ3) is 3.70. The number of aromatic amines is 1. The minimum atomic E-state index is -0.663. The number of hydrogen-bond acceptors (Lipinski definition) is 5. The van der Waals surface area contributed by atoms with Gasteiger partial charge in [-0.25, -0.2) is 9.37 Å². The molecule has 1 saturated carbocycles. The van der Waals surface area contributed by atoms with Gasteiger partial charge in [0.05, 0.1) is 11.4 Å². The molecule has 31 heavy (non-hydrogen) atoms. The summed E-state index contributed by atoms with van der Waals surface area (Å²) in [7, 11) is 0. The largest absolute Gasteiger partial charge is 0.505 e. The maximum atomic E-state index is 14.0. The van der Waals surface area contributed by atoms with E-state index in [0.29, 0.717) is 29.1 Å². The van der Waals surface area contributed by atoms with Crippen LogP contribution in [-0.4, -0.2) is 32.2 Å². The van der Waals surface area contributed by atoms with Gasteiger partial charge in [0.25, 0.3) is 0 Å². The summed E-state index contributed by atoms with van der Waals surface area (Å²) in [6, 6.07) is 8.15. The number of nitrogens with zero attached hydrogens (tertiary/aromatic N) is 2. The van der Waals surface area contributed by atoms with Crippen LogP contribution in [0.3, 0.4) is 0 Å². The molecule has 0 bridgehead atoms. The molecule has 0 unspecified atom stereocenters. The van der Waals surface area contributed by atoms with Gasteiger partial charge in [-0.1, -0.05) is 19.1 Å². The number of anilines is 1. The Hall–Kier alpha value is -3.19. The first-order valence-corrected chi connectivity index (χ1v) is 10.7. The molecular weight excluding hydrogens is 393 g/mol. The number of aryl methyl sites for hydroxylation is 1. The molecule has 2 aromatic carbocycles. The molecule has 2 heterocycles. The van der Waals surface area contributed by atoms with Gasteiger partial charge < -0.3 is 15.8 Å². The number of phenolic OH excluding ortho intramolecular Hbond substituents is 1. The first-order chi connectivity index (χ1) is 14.9. The number of aromatic nitrogens is 2. The van der Waals surface area contributed by atoms with Gasteiger partial charge in [-0.2, -0.15) is 0 Å². The van der Waals surface area contributed by atoms with E-state index in [1.54, 1.807) is 12.1 Å². The second kappa shape index (κ2) is 7.50. The van der Waals surface area contributed by atoms with Gasteiger partial charge in [0.15, 0.2) is 17.4 Å². The third-order valence-electron chi connectivity index (χ3n) is 6.26. The van der Waals surface area contributed by atoms with Crippen LogP contribution < -0.4 is 5.73 Å². The second-order valence-electron chi connectivity index (χ2n) is 8.62. The minimum Gasteiger partial charge on any atom is -0.505 e. The molecule has 0 saturated heterocycles. The quantitative estimate of drug-likeness (QED) is 0.355. The highest BCUT2D eigenvalue weighted by Crippen LogP contribution is 2.34. The fraction of sp³-hybridized carbons (Fsp3) is 0.333. The van der Waals surface area contributed by atoms with Gasteiger partial charge in [-0.15, -0.1) is 0 Å². The van der Waals surface area contributed by atoms with Crippen LogP contribution in [0.4, 0.5) is 10.1 Å². The number of fused-ring (bicyclic) bond motifs is 1. The maximum Gasteiger partial charge on any atom is 0.165 e. The number of phenols is 1. The predicted molar refractivity (Wildman–Crippen MR) is 119 cm³/mol. The Balaban J connectivity index is 1.39. The van der Waals surface area contributed by atoms with Crippen molar-refractivity contribution in [3.05, 3.63) is 64.5 Å². The molecule has 0 radical (unpaired) electrons. The fourth-order valence-corrected chi connectivity index (χ4v) is 4.36. The molecule has 6 nitrogen and oxygen atoms in total. The normalized spacial score (nSPS) is 15.9. The summed E-state index contributed by atoms with van der Waals surface area (Å²) in [4.78, 5) is 10.4. The zero-order valence-electron chi connectivity index (χ0n) is 17.5. The monoisotopic (exact) mass is 419 g/mol. The zero-order chi connectivity index (χ0) is 21.7. The first kappa shape index (κ1) is 19.8. The topological polar surface area (TPSA) is 102 Å². The lowest BCUT2D eigenvalue weighted by Gasteiger charge is -2.14. The number of hydrogen-bond donors (Lipinski definition) is 4. The zero-order valence-corrected chi connectivity index (χ0v) is 17.5. The third-order valence-corrected chi connectivity index (χ3v) is 6.26. The average molecular weight is 420 g/mol. The lowest BCUT2D eigenvalue weighted by molar-refractivity contribution is 0.268. The van der Waals surface area contributed by atoms with Crippen molar-refractivity contribution in [3.63, 3.8) is 0 Å². The molecule has 1 fully saturated rings. The molecule has 0 amide bonds. The van der Waals surface area contributed by atoms with E-state index in [-0.39, 0.29) is 11.5 Å². The Labute approximate surface area is 180 Å². The number of nitrogens with one attached hydrogen (secondary N) is 2. The molecule has 1 aliphatic heterocycles. The van der Waals surface area contributed by atoms with Crippen molar-refractivity contribution in [2.75, 3.05) is 12.3 Å². The molecule has 2 aliphatic rings. The van der Waals surface area contributed by atoms with Crippen LogP contribution in [-0.2, 0) is 19.5 Å². The van der Waals surface area contributed by atoms with Crippen LogP contribution in [0, 0.1) is 17.1 Å². The lowest BCUT2D eigenvalue weighted by Crippen LogP contribution is -2.20. The van der Waals surface area contributed by atoms with Gasteiger partial charge >= 0.3 is 0 Å². The minimum absolute atomic E-state index is 0.250. The lowest BCUT2D eigenvalue weighted by atomic mass is 9.95. The van der Waals surface area contributed by atoms with E-state index in [1.165, 1.54) is 25.0 Å². The molecule has 1 aromatic heterocycles. The van der Waals surface area contributed by atoms with E-state index in [9.17, 15) is 9.50 Å². The van der Waals surface area contributed by atoms with E-state index in [4.69, 9.17) is 11.1 Å². The number of aromatic hydroxyl groups is 1. The number of rotatable bonds is 6. The Morgan fingerprint density at radius 3 is 2.77 bits per heavy atom. The first-order valence-electron chi connectivity index (χ1n) is 10.7. The Bertz CT molecular complexity index is 1160. The second-order valence-corrected chi connectivity index (χ2v) is 8.62. The molecular formula is C24H26FN5O. The van der Waals surface area contributed by atoms with Gasteiger partial charge in [-0.05, 0) is 60.1 Å². The number of benzene rings is 2. The molecule has 160 valence electrons. The van der Waals surface area contributed by atoms with Crippen LogP contribution in [0.15, 0.2) is 30.3 Å². The van der Waals surface area contributed by atoms with Crippen LogP contribution in [0.25, 0.3) is 11.1 Å². The van der Waals surface area contributed by atoms with Gasteiger partial charge in [0, 0.05) is 30.9 Å². The number of H-pyrrole nitrogens is 1. The van der Waals surface area contributed by atoms with Crippen LogP contribution in [0.5, 0.6) is 5.75 Å². The predicted octanol–water partition coefficient (Wildman–Crippen LogP) is 4.21. The van der Waals surface area contributed by atoms with Crippen molar-refractivity contribution in [2.45, 2.75) is 39.3 Å². The van der Waals surface area contributed by atoms with Crippen LogP contribution in [0.1, 0.15) is 48.1 Å². The van der Waals surface area contributed by atoms with Crippen molar-refractivity contribution in [2.24, 2.45) is 5.92 Å². The summed E-state index contributed by atoms with van der Waals surface area (Å²) >= 11 is 0. The highest BCUT2D eigenvalue weighted by Gasteiger charge is 2.30. The smallest absolute Gasteiger partial charge is 0.165 e. The summed E-state index contributed by atoms with van der Waals surface area (Å²) in [5.74, 6) is 0.354. The molecule has 0 spiro atoms. The highest BCUT2D eigenvalue weighted by molar-refractivity contribution is 6.12. The summed E-state index contributed by atoms with van der Waals surface area (Å²) in [6.45, 7) is 4.76.